The van der Waals surface area contributed by atoms with Gasteiger partial charge in [-0.15, -0.1) is 0 Å². The Morgan fingerprint density at radius 2 is 1.95 bits per heavy atom. The number of ether oxygens (including phenoxy) is 3. The summed E-state index contributed by atoms with van der Waals surface area (Å²) in [7, 11) is 4.76. The second-order valence-electron chi connectivity index (χ2n) is 4.48. The highest BCUT2D eigenvalue weighted by Gasteiger charge is 2.15. The Balaban J connectivity index is 2.11. The van der Waals surface area contributed by atoms with Crippen LogP contribution in [-0.4, -0.2) is 38.1 Å². The van der Waals surface area contributed by atoms with Crippen molar-refractivity contribution >= 4 is 0 Å². The molecule has 0 spiro atoms. The van der Waals surface area contributed by atoms with Crippen LogP contribution in [0.5, 0.6) is 11.5 Å². The lowest BCUT2D eigenvalue weighted by atomic mass is 10.1. The Labute approximate surface area is 123 Å². The molecule has 2 rings (SSSR count). The lowest BCUT2D eigenvalue weighted by molar-refractivity contribution is 0.166. The highest BCUT2D eigenvalue weighted by atomic mass is 16.5. The molecule has 7 nitrogen and oxygen atoms in total. The van der Waals surface area contributed by atoms with Crippen LogP contribution >= 0.6 is 0 Å². The normalized spacial score (nSPS) is 12.2. The quantitative estimate of drug-likeness (QED) is 0.823. The van der Waals surface area contributed by atoms with Gasteiger partial charge in [-0.05, 0) is 17.7 Å². The third-order valence-corrected chi connectivity index (χ3v) is 2.96. The van der Waals surface area contributed by atoms with E-state index >= 15 is 0 Å². The Hall–Kier alpha value is -2.12. The molecule has 0 bridgehead atoms. The van der Waals surface area contributed by atoms with E-state index in [-0.39, 0.29) is 0 Å². The molecule has 2 N–H and O–H groups in total. The smallest absolute Gasteiger partial charge is 0.245 e. The van der Waals surface area contributed by atoms with Gasteiger partial charge < -0.3 is 24.5 Å². The lowest BCUT2D eigenvalue weighted by Gasteiger charge is -2.08. The molecule has 1 heterocycles. The molecule has 0 aliphatic heterocycles. The lowest BCUT2D eigenvalue weighted by Crippen LogP contribution is -2.16. The van der Waals surface area contributed by atoms with Gasteiger partial charge in [0, 0.05) is 13.5 Å². The summed E-state index contributed by atoms with van der Waals surface area (Å²) in [4.78, 5) is 4.27. The number of rotatable bonds is 7. The van der Waals surface area contributed by atoms with Crippen molar-refractivity contribution in [1.29, 1.82) is 0 Å². The summed E-state index contributed by atoms with van der Waals surface area (Å²) in [5, 5.41) is 3.92. The van der Waals surface area contributed by atoms with Gasteiger partial charge in [0.1, 0.15) is 6.04 Å². The van der Waals surface area contributed by atoms with Crippen molar-refractivity contribution in [3.05, 3.63) is 35.5 Å². The molecule has 1 unspecified atom stereocenters. The summed E-state index contributed by atoms with van der Waals surface area (Å²) in [6.45, 7) is 0.331. The zero-order chi connectivity index (χ0) is 15.2. The first-order valence-electron chi connectivity index (χ1n) is 6.45. The van der Waals surface area contributed by atoms with E-state index in [0.717, 1.165) is 5.56 Å². The van der Waals surface area contributed by atoms with Crippen molar-refractivity contribution in [2.45, 2.75) is 12.5 Å². The fourth-order valence-corrected chi connectivity index (χ4v) is 1.91. The van der Waals surface area contributed by atoms with Crippen LogP contribution in [0.1, 0.15) is 23.3 Å². The predicted molar refractivity (Wildman–Crippen MR) is 75.5 cm³/mol. The van der Waals surface area contributed by atoms with E-state index in [9.17, 15) is 0 Å². The Morgan fingerprint density at radius 1 is 1.19 bits per heavy atom. The molecule has 114 valence electrons. The number of methoxy groups -OCH3 is 3. The van der Waals surface area contributed by atoms with Gasteiger partial charge in [-0.2, -0.15) is 4.98 Å². The van der Waals surface area contributed by atoms with E-state index in [2.05, 4.69) is 10.1 Å². The maximum Gasteiger partial charge on any atom is 0.245 e. The largest absolute Gasteiger partial charge is 0.493 e. The van der Waals surface area contributed by atoms with Crippen molar-refractivity contribution in [1.82, 2.24) is 10.1 Å². The molecule has 1 aromatic carbocycles. The van der Waals surface area contributed by atoms with Crippen molar-refractivity contribution < 1.29 is 18.7 Å². The van der Waals surface area contributed by atoms with Gasteiger partial charge in [-0.3, -0.25) is 0 Å². The third-order valence-electron chi connectivity index (χ3n) is 2.96. The standard InChI is InChI=1S/C14H19N3O4/c1-18-8-10(15)14-16-13(17-21-14)7-9-4-5-11(19-2)12(6-9)20-3/h4-6,10H,7-8,15H2,1-3H3. The van der Waals surface area contributed by atoms with Gasteiger partial charge in [0.05, 0.1) is 20.8 Å². The van der Waals surface area contributed by atoms with Gasteiger partial charge >= 0.3 is 0 Å². The topological polar surface area (TPSA) is 92.6 Å². The van der Waals surface area contributed by atoms with Crippen LogP contribution in [0.3, 0.4) is 0 Å². The van der Waals surface area contributed by atoms with Crippen LogP contribution in [0, 0.1) is 0 Å². The molecule has 1 atom stereocenters. The van der Waals surface area contributed by atoms with Crippen molar-refractivity contribution in [2.75, 3.05) is 27.9 Å². The van der Waals surface area contributed by atoms with E-state index in [1.807, 2.05) is 18.2 Å². The van der Waals surface area contributed by atoms with Gasteiger partial charge in [0.2, 0.25) is 5.89 Å². The maximum absolute atomic E-state index is 5.84. The van der Waals surface area contributed by atoms with E-state index in [0.29, 0.717) is 36.2 Å². The first kappa shape index (κ1) is 15.3. The Kier molecular flexibility index (Phi) is 5.13. The molecule has 2 aromatic rings. The van der Waals surface area contributed by atoms with Gasteiger partial charge in [-0.1, -0.05) is 11.2 Å². The number of hydrogen-bond acceptors (Lipinski definition) is 7. The molecule has 0 amide bonds. The summed E-state index contributed by atoms with van der Waals surface area (Å²) < 4.78 is 20.6. The van der Waals surface area contributed by atoms with Crippen LogP contribution in [0.2, 0.25) is 0 Å². The highest BCUT2D eigenvalue weighted by molar-refractivity contribution is 5.43. The summed E-state index contributed by atoms with van der Waals surface area (Å²) >= 11 is 0. The number of nitrogens with zero attached hydrogens (tertiary/aromatic N) is 2. The van der Waals surface area contributed by atoms with Crippen LogP contribution < -0.4 is 15.2 Å². The van der Waals surface area contributed by atoms with Crippen LogP contribution in [0.15, 0.2) is 22.7 Å². The summed E-state index contributed by atoms with van der Waals surface area (Å²) in [6.07, 6.45) is 0.517. The zero-order valence-electron chi connectivity index (χ0n) is 12.3. The summed E-state index contributed by atoms with van der Waals surface area (Å²) in [5.74, 6) is 2.27. The Morgan fingerprint density at radius 3 is 2.62 bits per heavy atom. The fourth-order valence-electron chi connectivity index (χ4n) is 1.91. The predicted octanol–water partition coefficient (Wildman–Crippen LogP) is 1.32. The van der Waals surface area contributed by atoms with Crippen molar-refractivity contribution in [3.8, 4) is 11.5 Å². The maximum atomic E-state index is 5.84. The fraction of sp³-hybridized carbons (Fsp3) is 0.429. The van der Waals surface area contributed by atoms with Crippen LogP contribution in [0.4, 0.5) is 0 Å². The minimum absolute atomic E-state index is 0.331. The molecule has 1 aromatic heterocycles. The second kappa shape index (κ2) is 7.05. The third kappa shape index (κ3) is 3.71. The van der Waals surface area contributed by atoms with E-state index in [1.54, 1.807) is 21.3 Å². The summed E-state index contributed by atoms with van der Waals surface area (Å²) in [6, 6.07) is 5.23. The highest BCUT2D eigenvalue weighted by Crippen LogP contribution is 2.28. The molecule has 0 saturated carbocycles. The van der Waals surface area contributed by atoms with Crippen LogP contribution in [-0.2, 0) is 11.2 Å². The number of nitrogens with two attached hydrogens (primary N) is 1. The van der Waals surface area contributed by atoms with Gasteiger partial charge in [0.25, 0.3) is 0 Å². The molecular weight excluding hydrogens is 274 g/mol. The molecule has 0 radical (unpaired) electrons. The molecule has 0 saturated heterocycles. The zero-order valence-corrected chi connectivity index (χ0v) is 12.3. The monoisotopic (exact) mass is 293 g/mol. The number of aromatic nitrogens is 2. The minimum Gasteiger partial charge on any atom is -0.493 e. The van der Waals surface area contributed by atoms with E-state index in [4.69, 9.17) is 24.5 Å². The molecule has 21 heavy (non-hydrogen) atoms. The van der Waals surface area contributed by atoms with Crippen molar-refractivity contribution in [3.63, 3.8) is 0 Å². The Bertz CT molecular complexity index is 585. The minimum atomic E-state index is -0.415. The van der Waals surface area contributed by atoms with E-state index < -0.39 is 6.04 Å². The van der Waals surface area contributed by atoms with E-state index in [1.165, 1.54) is 0 Å². The number of benzene rings is 1. The first-order valence-corrected chi connectivity index (χ1v) is 6.45. The van der Waals surface area contributed by atoms with Crippen LogP contribution in [0.25, 0.3) is 0 Å². The molecular formula is C14H19N3O4. The molecule has 0 fully saturated rings. The van der Waals surface area contributed by atoms with Gasteiger partial charge in [-0.25, -0.2) is 0 Å². The van der Waals surface area contributed by atoms with Gasteiger partial charge in [0.15, 0.2) is 17.3 Å². The SMILES string of the molecule is COCC(N)c1nc(Cc2ccc(OC)c(OC)c2)no1. The van der Waals surface area contributed by atoms with Crippen molar-refractivity contribution in [2.24, 2.45) is 5.73 Å². The average Bonchev–Trinajstić information content (AvgIpc) is 2.96. The molecule has 0 aliphatic carbocycles. The second-order valence-corrected chi connectivity index (χ2v) is 4.48. The average molecular weight is 293 g/mol. The first-order chi connectivity index (χ1) is 10.2. The summed E-state index contributed by atoms with van der Waals surface area (Å²) in [5.41, 5.74) is 6.82. The number of hydrogen-bond donors (Lipinski definition) is 1. The molecule has 7 heteroatoms. The molecule has 0 aliphatic rings.